The van der Waals surface area contributed by atoms with Crippen molar-refractivity contribution in [2.75, 3.05) is 25.1 Å². The summed E-state index contributed by atoms with van der Waals surface area (Å²) in [6.07, 6.45) is 0. The van der Waals surface area contributed by atoms with Gasteiger partial charge in [-0.1, -0.05) is 11.3 Å². The fourth-order valence-electron chi connectivity index (χ4n) is 0.598. The summed E-state index contributed by atoms with van der Waals surface area (Å²) in [5, 5.41) is 17.1. The van der Waals surface area contributed by atoms with Gasteiger partial charge in [0.1, 0.15) is 0 Å². The van der Waals surface area contributed by atoms with Gasteiger partial charge >= 0.3 is 0 Å². The van der Waals surface area contributed by atoms with Crippen molar-refractivity contribution in [3.63, 3.8) is 0 Å². The predicted octanol–water partition coefficient (Wildman–Crippen LogP) is 0.729. The van der Waals surface area contributed by atoms with Crippen LogP contribution in [-0.4, -0.2) is 35.5 Å². The molecule has 0 spiro atoms. The molecule has 0 aliphatic heterocycles. The Balaban J connectivity index is 2.60. The summed E-state index contributed by atoms with van der Waals surface area (Å²) >= 11 is 4.65. The molecule has 1 N–H and O–H groups in total. The van der Waals surface area contributed by atoms with Gasteiger partial charge in [-0.3, -0.25) is 0 Å². The van der Waals surface area contributed by atoms with Crippen LogP contribution in [0.4, 0.5) is 5.13 Å². The average molecular weight is 238 g/mol. The lowest BCUT2D eigenvalue weighted by Gasteiger charge is -2.11. The SMILES string of the molecule is CN(CCO)c1nnc(Br)s1. The molecule has 1 rings (SSSR count). The number of aliphatic hydroxyl groups excluding tert-OH is 1. The third kappa shape index (κ3) is 2.39. The molecule has 0 aliphatic rings. The van der Waals surface area contributed by atoms with E-state index in [9.17, 15) is 0 Å². The van der Waals surface area contributed by atoms with E-state index in [0.717, 1.165) is 9.05 Å². The van der Waals surface area contributed by atoms with E-state index >= 15 is 0 Å². The number of aliphatic hydroxyl groups is 1. The Hall–Kier alpha value is -0.200. The number of aromatic nitrogens is 2. The molecule has 0 radical (unpaired) electrons. The van der Waals surface area contributed by atoms with E-state index in [0.29, 0.717) is 6.54 Å². The van der Waals surface area contributed by atoms with Crippen LogP contribution in [0.1, 0.15) is 0 Å². The number of halogens is 1. The Morgan fingerprint density at radius 2 is 2.36 bits per heavy atom. The first-order valence-electron chi connectivity index (χ1n) is 3.05. The lowest BCUT2D eigenvalue weighted by atomic mass is 10.6. The third-order valence-corrected chi connectivity index (χ3v) is 2.62. The molecule has 0 saturated carbocycles. The molecule has 0 unspecified atom stereocenters. The minimum Gasteiger partial charge on any atom is -0.395 e. The third-order valence-electron chi connectivity index (χ3n) is 1.15. The molecule has 1 aromatic rings. The van der Waals surface area contributed by atoms with Crippen molar-refractivity contribution in [1.82, 2.24) is 10.2 Å². The van der Waals surface area contributed by atoms with Gasteiger partial charge in [-0.05, 0) is 15.9 Å². The second-order valence-electron chi connectivity index (χ2n) is 1.98. The largest absolute Gasteiger partial charge is 0.395 e. The van der Waals surface area contributed by atoms with Crippen molar-refractivity contribution in [2.45, 2.75) is 0 Å². The topological polar surface area (TPSA) is 49.2 Å². The average Bonchev–Trinajstić information content (AvgIpc) is 2.36. The van der Waals surface area contributed by atoms with Gasteiger partial charge in [0, 0.05) is 13.6 Å². The molecule has 6 heteroatoms. The maximum atomic E-state index is 8.61. The highest BCUT2D eigenvalue weighted by Crippen LogP contribution is 2.22. The molecule has 0 bridgehead atoms. The highest BCUT2D eigenvalue weighted by Gasteiger charge is 2.05. The zero-order valence-electron chi connectivity index (χ0n) is 5.99. The molecular formula is C5H8BrN3OS. The fourth-order valence-corrected chi connectivity index (χ4v) is 1.67. The van der Waals surface area contributed by atoms with Gasteiger partial charge in [0.05, 0.1) is 6.61 Å². The number of anilines is 1. The number of nitrogens with zero attached hydrogens (tertiary/aromatic N) is 3. The smallest absolute Gasteiger partial charge is 0.208 e. The highest BCUT2D eigenvalue weighted by atomic mass is 79.9. The molecule has 0 aliphatic carbocycles. The Kier molecular flexibility index (Phi) is 3.22. The Morgan fingerprint density at radius 3 is 2.82 bits per heavy atom. The van der Waals surface area contributed by atoms with Crippen LogP contribution in [0.5, 0.6) is 0 Å². The quantitative estimate of drug-likeness (QED) is 0.843. The Bertz CT molecular complexity index is 229. The van der Waals surface area contributed by atoms with Crippen LogP contribution >= 0.6 is 27.3 Å². The fraction of sp³-hybridized carbons (Fsp3) is 0.600. The van der Waals surface area contributed by atoms with Crippen molar-refractivity contribution >= 4 is 32.4 Å². The normalized spacial score (nSPS) is 10.1. The molecule has 1 aromatic heterocycles. The minimum absolute atomic E-state index is 0.133. The van der Waals surface area contributed by atoms with Crippen LogP contribution in [0.25, 0.3) is 0 Å². The van der Waals surface area contributed by atoms with E-state index in [2.05, 4.69) is 26.1 Å². The van der Waals surface area contributed by atoms with Gasteiger partial charge in [-0.15, -0.1) is 10.2 Å². The summed E-state index contributed by atoms with van der Waals surface area (Å²) in [6.45, 7) is 0.718. The predicted molar refractivity (Wildman–Crippen MR) is 48.0 cm³/mol. The molecule has 11 heavy (non-hydrogen) atoms. The molecular weight excluding hydrogens is 230 g/mol. The first kappa shape index (κ1) is 8.89. The Labute approximate surface area is 77.0 Å². The van der Waals surface area contributed by atoms with Crippen molar-refractivity contribution in [3.8, 4) is 0 Å². The number of hydrogen-bond acceptors (Lipinski definition) is 5. The molecule has 62 valence electrons. The van der Waals surface area contributed by atoms with Crippen LogP contribution in [0, 0.1) is 0 Å². The highest BCUT2D eigenvalue weighted by molar-refractivity contribution is 9.11. The molecule has 0 saturated heterocycles. The first-order chi connectivity index (χ1) is 5.24. The van der Waals surface area contributed by atoms with E-state index in [1.165, 1.54) is 11.3 Å². The Morgan fingerprint density at radius 1 is 1.64 bits per heavy atom. The lowest BCUT2D eigenvalue weighted by Crippen LogP contribution is -2.20. The van der Waals surface area contributed by atoms with Crippen LogP contribution in [0.15, 0.2) is 3.92 Å². The first-order valence-corrected chi connectivity index (χ1v) is 4.66. The van der Waals surface area contributed by atoms with E-state index < -0.39 is 0 Å². The maximum Gasteiger partial charge on any atom is 0.208 e. The van der Waals surface area contributed by atoms with E-state index in [4.69, 9.17) is 5.11 Å². The van der Waals surface area contributed by atoms with Gasteiger partial charge < -0.3 is 10.0 Å². The summed E-state index contributed by atoms with van der Waals surface area (Å²) < 4.78 is 0.761. The molecule has 4 nitrogen and oxygen atoms in total. The molecule has 0 atom stereocenters. The molecule has 1 heterocycles. The van der Waals surface area contributed by atoms with Gasteiger partial charge in [0.25, 0.3) is 0 Å². The van der Waals surface area contributed by atoms with E-state index in [1.54, 1.807) is 0 Å². The summed E-state index contributed by atoms with van der Waals surface area (Å²) in [4.78, 5) is 1.85. The number of hydrogen-bond donors (Lipinski definition) is 1. The molecule has 0 aromatic carbocycles. The van der Waals surface area contributed by atoms with Crippen LogP contribution in [-0.2, 0) is 0 Å². The van der Waals surface area contributed by atoms with Crippen molar-refractivity contribution in [3.05, 3.63) is 3.92 Å². The second kappa shape index (κ2) is 3.99. The zero-order valence-corrected chi connectivity index (χ0v) is 8.39. The van der Waals surface area contributed by atoms with Crippen molar-refractivity contribution in [2.24, 2.45) is 0 Å². The number of likely N-dealkylation sites (N-methyl/N-ethyl adjacent to an activating group) is 1. The summed E-state index contributed by atoms with van der Waals surface area (Å²) in [6, 6.07) is 0. The summed E-state index contributed by atoms with van der Waals surface area (Å²) in [5.74, 6) is 0. The van der Waals surface area contributed by atoms with Gasteiger partial charge in [-0.25, -0.2) is 0 Å². The van der Waals surface area contributed by atoms with Crippen molar-refractivity contribution in [1.29, 1.82) is 0 Å². The lowest BCUT2D eigenvalue weighted by molar-refractivity contribution is 0.304. The van der Waals surface area contributed by atoms with Gasteiger partial charge in [0.15, 0.2) is 3.92 Å². The summed E-state index contributed by atoms with van der Waals surface area (Å²) in [7, 11) is 1.86. The maximum absolute atomic E-state index is 8.61. The van der Waals surface area contributed by atoms with E-state index in [1.807, 2.05) is 11.9 Å². The number of rotatable bonds is 3. The van der Waals surface area contributed by atoms with Gasteiger partial charge in [-0.2, -0.15) is 0 Å². The van der Waals surface area contributed by atoms with Gasteiger partial charge in [0.2, 0.25) is 5.13 Å². The molecule has 0 fully saturated rings. The minimum atomic E-state index is 0.133. The zero-order chi connectivity index (χ0) is 8.27. The monoisotopic (exact) mass is 237 g/mol. The van der Waals surface area contributed by atoms with Crippen LogP contribution in [0.2, 0.25) is 0 Å². The van der Waals surface area contributed by atoms with E-state index in [-0.39, 0.29) is 6.61 Å². The standard InChI is InChI=1S/C5H8BrN3OS/c1-9(2-3-10)5-8-7-4(6)11-5/h10H,2-3H2,1H3. The van der Waals surface area contributed by atoms with Crippen LogP contribution < -0.4 is 4.90 Å². The van der Waals surface area contributed by atoms with Crippen LogP contribution in [0.3, 0.4) is 0 Å². The van der Waals surface area contributed by atoms with Crippen molar-refractivity contribution < 1.29 is 5.11 Å². The second-order valence-corrected chi connectivity index (χ2v) is 4.21. The molecule has 0 amide bonds. The summed E-state index contributed by atoms with van der Waals surface area (Å²) in [5.41, 5.74) is 0.